The van der Waals surface area contributed by atoms with Gasteiger partial charge in [0.1, 0.15) is 11.8 Å². The van der Waals surface area contributed by atoms with E-state index in [0.717, 1.165) is 31.7 Å². The van der Waals surface area contributed by atoms with Gasteiger partial charge in [-0.05, 0) is 12.8 Å². The standard InChI is InChI=1S/C14H19N3O4/c18-14(19)17-10-7-11(8-10)21-13-12(15-3-4-16-13)9-1-5-20-6-2-9/h3-4,9-11,17H,1-2,5-8H2,(H,18,19). The quantitative estimate of drug-likeness (QED) is 0.874. The summed E-state index contributed by atoms with van der Waals surface area (Å²) < 4.78 is 11.3. The molecule has 0 spiro atoms. The molecule has 0 radical (unpaired) electrons. The predicted molar refractivity (Wildman–Crippen MR) is 73.4 cm³/mol. The van der Waals surface area contributed by atoms with Crippen molar-refractivity contribution in [3.05, 3.63) is 18.1 Å². The Morgan fingerprint density at radius 2 is 2.00 bits per heavy atom. The van der Waals surface area contributed by atoms with Crippen molar-refractivity contribution in [3.63, 3.8) is 0 Å². The third-order valence-corrected chi connectivity index (χ3v) is 4.00. The van der Waals surface area contributed by atoms with Gasteiger partial charge in [0, 0.05) is 50.4 Å². The zero-order valence-electron chi connectivity index (χ0n) is 11.7. The van der Waals surface area contributed by atoms with Crippen molar-refractivity contribution >= 4 is 6.09 Å². The highest BCUT2D eigenvalue weighted by atomic mass is 16.5. The zero-order valence-corrected chi connectivity index (χ0v) is 11.7. The average Bonchev–Trinajstić information content (AvgIpc) is 2.46. The first kappa shape index (κ1) is 14.1. The van der Waals surface area contributed by atoms with Crippen LogP contribution in [0.3, 0.4) is 0 Å². The molecule has 1 saturated carbocycles. The van der Waals surface area contributed by atoms with E-state index in [1.165, 1.54) is 0 Å². The summed E-state index contributed by atoms with van der Waals surface area (Å²) >= 11 is 0. The minimum Gasteiger partial charge on any atom is -0.473 e. The van der Waals surface area contributed by atoms with Crippen molar-refractivity contribution < 1.29 is 19.4 Å². The van der Waals surface area contributed by atoms with Crippen molar-refractivity contribution in [2.45, 2.75) is 43.7 Å². The molecule has 2 N–H and O–H groups in total. The van der Waals surface area contributed by atoms with Crippen LogP contribution in [0.5, 0.6) is 5.88 Å². The smallest absolute Gasteiger partial charge is 0.404 e. The van der Waals surface area contributed by atoms with Crippen LogP contribution in [0.1, 0.15) is 37.3 Å². The summed E-state index contributed by atoms with van der Waals surface area (Å²) in [6, 6.07) is -0.0179. The number of nitrogens with zero attached hydrogens (tertiary/aromatic N) is 2. The van der Waals surface area contributed by atoms with Gasteiger partial charge in [0.25, 0.3) is 0 Å². The number of hydrogen-bond donors (Lipinski definition) is 2. The van der Waals surface area contributed by atoms with E-state index in [1.807, 2.05) is 0 Å². The Labute approximate surface area is 122 Å². The van der Waals surface area contributed by atoms with Crippen molar-refractivity contribution in [3.8, 4) is 5.88 Å². The van der Waals surface area contributed by atoms with E-state index in [-0.39, 0.29) is 12.1 Å². The molecule has 3 rings (SSSR count). The van der Waals surface area contributed by atoms with Crippen LogP contribution in [0.4, 0.5) is 4.79 Å². The number of ether oxygens (including phenoxy) is 2. The molecule has 2 fully saturated rings. The molecule has 1 saturated heterocycles. The molecular formula is C14H19N3O4. The lowest BCUT2D eigenvalue weighted by molar-refractivity contribution is 0.0698. The topological polar surface area (TPSA) is 93.6 Å². The first-order valence-corrected chi connectivity index (χ1v) is 7.27. The lowest BCUT2D eigenvalue weighted by Crippen LogP contribution is -2.48. The van der Waals surface area contributed by atoms with Crippen molar-refractivity contribution in [2.24, 2.45) is 0 Å². The highest BCUT2D eigenvalue weighted by Gasteiger charge is 2.33. The van der Waals surface area contributed by atoms with Gasteiger partial charge in [-0.15, -0.1) is 0 Å². The van der Waals surface area contributed by atoms with Gasteiger partial charge >= 0.3 is 6.09 Å². The molecule has 0 bridgehead atoms. The predicted octanol–water partition coefficient (Wildman–Crippen LogP) is 1.55. The second-order valence-electron chi connectivity index (χ2n) is 5.49. The van der Waals surface area contributed by atoms with E-state index >= 15 is 0 Å². The van der Waals surface area contributed by atoms with Crippen LogP contribution >= 0.6 is 0 Å². The summed E-state index contributed by atoms with van der Waals surface area (Å²) in [6.45, 7) is 1.49. The Hall–Kier alpha value is -1.89. The molecule has 1 aliphatic carbocycles. The van der Waals surface area contributed by atoms with Crippen molar-refractivity contribution in [1.29, 1.82) is 0 Å². The number of amides is 1. The minimum atomic E-state index is -0.985. The van der Waals surface area contributed by atoms with Crippen LogP contribution in [0.2, 0.25) is 0 Å². The second-order valence-corrected chi connectivity index (χ2v) is 5.49. The van der Waals surface area contributed by atoms with Crippen LogP contribution < -0.4 is 10.1 Å². The number of rotatable bonds is 4. The van der Waals surface area contributed by atoms with E-state index in [0.29, 0.717) is 24.6 Å². The van der Waals surface area contributed by atoms with E-state index in [9.17, 15) is 4.79 Å². The number of hydrogen-bond acceptors (Lipinski definition) is 5. The maximum atomic E-state index is 10.5. The normalized spacial score (nSPS) is 25.9. The van der Waals surface area contributed by atoms with Crippen LogP contribution in [-0.2, 0) is 4.74 Å². The highest BCUT2D eigenvalue weighted by molar-refractivity contribution is 5.65. The molecule has 2 heterocycles. The molecule has 0 aromatic carbocycles. The monoisotopic (exact) mass is 293 g/mol. The van der Waals surface area contributed by atoms with E-state index in [1.54, 1.807) is 12.4 Å². The summed E-state index contributed by atoms with van der Waals surface area (Å²) in [7, 11) is 0. The SMILES string of the molecule is O=C(O)NC1CC(Oc2nccnc2C2CCOCC2)C1. The van der Waals surface area contributed by atoms with Crippen LogP contribution in [0, 0.1) is 0 Å². The highest BCUT2D eigenvalue weighted by Crippen LogP contribution is 2.33. The van der Waals surface area contributed by atoms with Crippen LogP contribution in [0.25, 0.3) is 0 Å². The fraction of sp³-hybridized carbons (Fsp3) is 0.643. The molecule has 0 atom stereocenters. The third-order valence-electron chi connectivity index (χ3n) is 4.00. The lowest BCUT2D eigenvalue weighted by atomic mass is 9.89. The van der Waals surface area contributed by atoms with Crippen LogP contribution in [-0.4, -0.2) is 46.5 Å². The molecule has 114 valence electrons. The van der Waals surface area contributed by atoms with Crippen molar-refractivity contribution in [1.82, 2.24) is 15.3 Å². The summed E-state index contributed by atoms with van der Waals surface area (Å²) in [4.78, 5) is 19.3. The van der Waals surface area contributed by atoms with Gasteiger partial charge in [0.15, 0.2) is 0 Å². The van der Waals surface area contributed by atoms with Gasteiger partial charge in [0.2, 0.25) is 5.88 Å². The Morgan fingerprint density at radius 3 is 2.71 bits per heavy atom. The summed E-state index contributed by atoms with van der Waals surface area (Å²) in [5.74, 6) is 0.915. The molecule has 21 heavy (non-hydrogen) atoms. The molecule has 1 aromatic heterocycles. The third kappa shape index (κ3) is 3.41. The van der Waals surface area contributed by atoms with Gasteiger partial charge in [-0.2, -0.15) is 0 Å². The van der Waals surface area contributed by atoms with Gasteiger partial charge in [0.05, 0.1) is 0 Å². The Morgan fingerprint density at radius 1 is 1.29 bits per heavy atom. The lowest BCUT2D eigenvalue weighted by Gasteiger charge is -2.35. The Balaban J connectivity index is 1.60. The maximum Gasteiger partial charge on any atom is 0.404 e. The van der Waals surface area contributed by atoms with E-state index < -0.39 is 6.09 Å². The summed E-state index contributed by atoms with van der Waals surface area (Å²) in [6.07, 6.45) is 5.56. The fourth-order valence-corrected chi connectivity index (χ4v) is 2.79. The summed E-state index contributed by atoms with van der Waals surface area (Å²) in [5, 5.41) is 11.1. The van der Waals surface area contributed by atoms with E-state index in [2.05, 4.69) is 15.3 Å². The fourth-order valence-electron chi connectivity index (χ4n) is 2.79. The largest absolute Gasteiger partial charge is 0.473 e. The van der Waals surface area contributed by atoms with Crippen LogP contribution in [0.15, 0.2) is 12.4 Å². The number of nitrogens with one attached hydrogen (secondary N) is 1. The first-order valence-electron chi connectivity index (χ1n) is 7.27. The summed E-state index contributed by atoms with van der Waals surface area (Å²) in [5.41, 5.74) is 0.899. The van der Waals surface area contributed by atoms with Gasteiger partial charge in [-0.1, -0.05) is 0 Å². The Bertz CT molecular complexity index is 499. The zero-order chi connectivity index (χ0) is 14.7. The number of aromatic nitrogens is 2. The second kappa shape index (κ2) is 6.26. The molecule has 2 aliphatic rings. The molecule has 1 amide bonds. The molecule has 1 aromatic rings. The molecular weight excluding hydrogens is 274 g/mol. The molecule has 7 nitrogen and oxygen atoms in total. The first-order chi connectivity index (χ1) is 10.2. The molecule has 7 heteroatoms. The van der Waals surface area contributed by atoms with Gasteiger partial charge in [-0.3, -0.25) is 4.98 Å². The number of carboxylic acid groups (broad SMARTS) is 1. The van der Waals surface area contributed by atoms with Gasteiger partial charge in [-0.25, -0.2) is 9.78 Å². The molecule has 1 aliphatic heterocycles. The average molecular weight is 293 g/mol. The number of carbonyl (C=O) groups is 1. The maximum absolute atomic E-state index is 10.5. The Kier molecular flexibility index (Phi) is 4.19. The van der Waals surface area contributed by atoms with Gasteiger partial charge < -0.3 is 19.9 Å². The van der Waals surface area contributed by atoms with E-state index in [4.69, 9.17) is 14.6 Å². The van der Waals surface area contributed by atoms with Crippen molar-refractivity contribution in [2.75, 3.05) is 13.2 Å². The molecule has 0 unspecified atom stereocenters. The minimum absolute atomic E-state index is 0.0112.